The van der Waals surface area contributed by atoms with Crippen molar-refractivity contribution in [2.75, 3.05) is 11.9 Å². The molecule has 0 fully saturated rings. The van der Waals surface area contributed by atoms with Gasteiger partial charge in [0.2, 0.25) is 0 Å². The first kappa shape index (κ1) is 18.1. The first-order valence-corrected chi connectivity index (χ1v) is 9.37. The van der Waals surface area contributed by atoms with Crippen LogP contribution in [0.3, 0.4) is 0 Å². The van der Waals surface area contributed by atoms with Gasteiger partial charge in [-0.3, -0.25) is 15.2 Å². The number of hydrogen-bond donors (Lipinski definition) is 3. The highest BCUT2D eigenvalue weighted by Gasteiger charge is 2.22. The quantitative estimate of drug-likeness (QED) is 0.633. The van der Waals surface area contributed by atoms with Crippen LogP contribution < -0.4 is 10.6 Å². The van der Waals surface area contributed by atoms with E-state index in [1.807, 2.05) is 6.92 Å². The van der Waals surface area contributed by atoms with Gasteiger partial charge < -0.3 is 5.32 Å². The van der Waals surface area contributed by atoms with Gasteiger partial charge in [-0.2, -0.15) is 5.10 Å². The number of aromatic nitrogens is 3. The fourth-order valence-corrected chi connectivity index (χ4v) is 4.61. The number of hydrogen-bond acceptors (Lipinski definition) is 6. The van der Waals surface area contributed by atoms with Crippen molar-refractivity contribution in [3.05, 3.63) is 38.8 Å². The number of rotatable bonds is 3. The summed E-state index contributed by atoms with van der Waals surface area (Å²) in [6, 6.07) is 4.16. The van der Waals surface area contributed by atoms with Crippen LogP contribution in [0, 0.1) is 13.8 Å². The molecule has 1 amide bonds. The van der Waals surface area contributed by atoms with Crippen molar-refractivity contribution >= 4 is 46.1 Å². The maximum Gasteiger partial charge on any atom is 0.278 e. The molecule has 0 atom stereocenters. The average Bonchev–Trinajstić information content (AvgIpc) is 3.25. The largest absolute Gasteiger partial charge is 0.312 e. The molecule has 3 aromatic rings. The van der Waals surface area contributed by atoms with Gasteiger partial charge in [0, 0.05) is 40.5 Å². The number of H-pyrrole nitrogens is 1. The summed E-state index contributed by atoms with van der Waals surface area (Å²) >= 11 is 3.20. The molecule has 0 aliphatic carbocycles. The Labute approximate surface area is 159 Å². The Hall–Kier alpha value is -1.74. The summed E-state index contributed by atoms with van der Waals surface area (Å²) in [6.07, 6.45) is 0.869. The van der Waals surface area contributed by atoms with Crippen LogP contribution in [0.15, 0.2) is 12.1 Å². The predicted octanol–water partition coefficient (Wildman–Crippen LogP) is 3.53. The van der Waals surface area contributed by atoms with Crippen molar-refractivity contribution in [3.8, 4) is 10.6 Å². The molecular weight excluding hydrogens is 378 g/mol. The Morgan fingerprint density at radius 2 is 2.12 bits per heavy atom. The third kappa shape index (κ3) is 3.48. The van der Waals surface area contributed by atoms with E-state index in [1.165, 1.54) is 16.2 Å². The number of carbonyl (C=O) groups is 1. The summed E-state index contributed by atoms with van der Waals surface area (Å²) in [5, 5.41) is 13.9. The maximum atomic E-state index is 12.6. The lowest BCUT2D eigenvalue weighted by Gasteiger charge is -2.12. The van der Waals surface area contributed by atoms with Crippen LogP contribution in [-0.4, -0.2) is 27.6 Å². The van der Waals surface area contributed by atoms with E-state index in [4.69, 9.17) is 0 Å². The first-order chi connectivity index (χ1) is 11.6. The molecule has 6 nitrogen and oxygen atoms in total. The van der Waals surface area contributed by atoms with Crippen LogP contribution in [-0.2, 0) is 13.0 Å². The summed E-state index contributed by atoms with van der Waals surface area (Å²) < 4.78 is 0. The Bertz CT molecular complexity index is 914. The minimum Gasteiger partial charge on any atom is -0.312 e. The second-order valence-corrected chi connectivity index (χ2v) is 8.24. The third-order valence-corrected chi connectivity index (χ3v) is 5.91. The predicted molar refractivity (Wildman–Crippen MR) is 104 cm³/mol. The van der Waals surface area contributed by atoms with Gasteiger partial charge in [-0.15, -0.1) is 35.1 Å². The highest BCUT2D eigenvalue weighted by molar-refractivity contribution is 7.18. The second kappa shape index (κ2) is 7.25. The Morgan fingerprint density at radius 3 is 2.88 bits per heavy atom. The van der Waals surface area contributed by atoms with E-state index in [0.29, 0.717) is 17.4 Å². The number of carbonyl (C=O) groups excluding carboxylic acids is 1. The van der Waals surface area contributed by atoms with E-state index in [9.17, 15) is 4.79 Å². The first-order valence-electron chi connectivity index (χ1n) is 7.74. The SMILES string of the molecule is Cc1ccc(-c2nc(NC(=O)c3n[nH]c4c3CNCC4)sc2C)s1.Cl. The lowest BCUT2D eigenvalue weighted by molar-refractivity contribution is 0.102. The normalized spacial score (nSPS) is 13.2. The van der Waals surface area contributed by atoms with Gasteiger partial charge >= 0.3 is 0 Å². The highest BCUT2D eigenvalue weighted by Crippen LogP contribution is 2.34. The fourth-order valence-electron chi connectivity index (χ4n) is 2.81. The number of aryl methyl sites for hydroxylation is 2. The lowest BCUT2D eigenvalue weighted by atomic mass is 10.1. The second-order valence-electron chi connectivity index (χ2n) is 5.74. The molecule has 0 radical (unpaired) electrons. The number of nitrogens with zero attached hydrogens (tertiary/aromatic N) is 2. The summed E-state index contributed by atoms with van der Waals surface area (Å²) in [6.45, 7) is 5.68. The van der Waals surface area contributed by atoms with E-state index in [1.54, 1.807) is 11.3 Å². The van der Waals surface area contributed by atoms with Crippen molar-refractivity contribution in [2.24, 2.45) is 0 Å². The van der Waals surface area contributed by atoms with E-state index < -0.39 is 0 Å². The summed E-state index contributed by atoms with van der Waals surface area (Å²) in [4.78, 5) is 20.6. The van der Waals surface area contributed by atoms with Crippen LogP contribution in [0.25, 0.3) is 10.6 Å². The van der Waals surface area contributed by atoms with Crippen LogP contribution in [0.4, 0.5) is 5.13 Å². The fraction of sp³-hybridized carbons (Fsp3) is 0.312. The van der Waals surface area contributed by atoms with E-state index in [0.717, 1.165) is 39.7 Å². The highest BCUT2D eigenvalue weighted by atomic mass is 35.5. The minimum atomic E-state index is -0.209. The number of aromatic amines is 1. The number of thiazole rings is 1. The van der Waals surface area contributed by atoms with Crippen LogP contribution in [0.1, 0.15) is 31.5 Å². The maximum absolute atomic E-state index is 12.6. The van der Waals surface area contributed by atoms with Gasteiger partial charge in [0.15, 0.2) is 10.8 Å². The number of anilines is 1. The minimum absolute atomic E-state index is 0. The molecule has 132 valence electrons. The number of nitrogens with one attached hydrogen (secondary N) is 3. The molecule has 3 aromatic heterocycles. The Kier molecular flexibility index (Phi) is 5.24. The van der Waals surface area contributed by atoms with Gasteiger partial charge in [-0.1, -0.05) is 0 Å². The van der Waals surface area contributed by atoms with Crippen molar-refractivity contribution in [1.29, 1.82) is 0 Å². The smallest absolute Gasteiger partial charge is 0.278 e. The molecule has 3 N–H and O–H groups in total. The molecule has 0 saturated carbocycles. The molecule has 0 saturated heterocycles. The molecule has 1 aliphatic heterocycles. The molecule has 4 rings (SSSR count). The van der Waals surface area contributed by atoms with E-state index >= 15 is 0 Å². The monoisotopic (exact) mass is 395 g/mol. The van der Waals surface area contributed by atoms with Crippen LogP contribution >= 0.6 is 35.1 Å². The molecule has 0 unspecified atom stereocenters. The Morgan fingerprint density at radius 1 is 1.28 bits per heavy atom. The molecular formula is C16H18ClN5OS2. The number of halogens is 1. The third-order valence-electron chi connectivity index (χ3n) is 4.01. The molecule has 9 heteroatoms. The van der Waals surface area contributed by atoms with Crippen molar-refractivity contribution in [3.63, 3.8) is 0 Å². The molecule has 25 heavy (non-hydrogen) atoms. The topological polar surface area (TPSA) is 82.7 Å². The summed E-state index contributed by atoms with van der Waals surface area (Å²) in [5.74, 6) is -0.209. The molecule has 0 aromatic carbocycles. The van der Waals surface area contributed by atoms with Gasteiger partial charge in [0.25, 0.3) is 5.91 Å². The summed E-state index contributed by atoms with van der Waals surface area (Å²) in [5.41, 5.74) is 3.41. The standard InChI is InChI=1S/C16H17N5OS2.ClH/c1-8-3-4-12(23-8)13-9(2)24-16(18-13)19-15(22)14-10-7-17-6-5-11(10)20-21-14;/h3-4,17H,5-7H2,1-2H3,(H,20,21)(H,18,19,22);1H. The van der Waals surface area contributed by atoms with Crippen molar-refractivity contribution in [1.82, 2.24) is 20.5 Å². The average molecular weight is 396 g/mol. The molecule has 4 heterocycles. The van der Waals surface area contributed by atoms with Crippen LogP contribution in [0.5, 0.6) is 0 Å². The van der Waals surface area contributed by atoms with Gasteiger partial charge in [0.05, 0.1) is 10.6 Å². The van der Waals surface area contributed by atoms with Crippen LogP contribution in [0.2, 0.25) is 0 Å². The van der Waals surface area contributed by atoms with Crippen molar-refractivity contribution < 1.29 is 4.79 Å². The zero-order valence-corrected chi connectivity index (χ0v) is 16.3. The van der Waals surface area contributed by atoms with E-state index in [-0.39, 0.29) is 18.3 Å². The van der Waals surface area contributed by atoms with E-state index in [2.05, 4.69) is 44.9 Å². The lowest BCUT2D eigenvalue weighted by Crippen LogP contribution is -2.25. The van der Waals surface area contributed by atoms with Gasteiger partial charge in [-0.25, -0.2) is 4.98 Å². The number of fused-ring (bicyclic) bond motifs is 1. The zero-order chi connectivity index (χ0) is 16.7. The molecule has 1 aliphatic rings. The van der Waals surface area contributed by atoms with Crippen molar-refractivity contribution in [2.45, 2.75) is 26.8 Å². The Balaban J connectivity index is 0.00000182. The van der Waals surface area contributed by atoms with Gasteiger partial charge in [-0.05, 0) is 26.0 Å². The molecule has 0 bridgehead atoms. The summed E-state index contributed by atoms with van der Waals surface area (Å²) in [7, 11) is 0. The number of amides is 1. The zero-order valence-electron chi connectivity index (χ0n) is 13.8. The molecule has 0 spiro atoms. The number of thiophene rings is 1. The van der Waals surface area contributed by atoms with Gasteiger partial charge in [0.1, 0.15) is 0 Å².